The lowest BCUT2D eigenvalue weighted by molar-refractivity contribution is -0.0824. The Morgan fingerprint density at radius 3 is 2.81 bits per heavy atom. The fourth-order valence-corrected chi connectivity index (χ4v) is 3.29. The van der Waals surface area contributed by atoms with Gasteiger partial charge in [-0.3, -0.25) is 4.79 Å². The molecule has 1 amide bonds. The molecule has 3 rings (SSSR count). The molecule has 1 aromatic heterocycles. The standard InChI is InChI=1S/C20H25N3O3/c1-21-18-17(10-6-12-22-18)19(24)23-13-7-11-20(14-23,25-2)15-26-16-8-4-3-5-9-16/h3-6,8-10,12H,7,11,13-15H2,1-2H3,(H,21,22). The number of amides is 1. The number of ether oxygens (including phenoxy) is 2. The smallest absolute Gasteiger partial charge is 0.257 e. The number of hydrogen-bond acceptors (Lipinski definition) is 5. The molecule has 138 valence electrons. The van der Waals surface area contributed by atoms with Gasteiger partial charge in [0.15, 0.2) is 0 Å². The predicted octanol–water partition coefficient (Wildman–Crippen LogP) is 2.82. The van der Waals surface area contributed by atoms with Crippen LogP contribution in [0.5, 0.6) is 5.75 Å². The maximum Gasteiger partial charge on any atom is 0.257 e. The summed E-state index contributed by atoms with van der Waals surface area (Å²) >= 11 is 0. The normalized spacial score (nSPS) is 19.8. The van der Waals surface area contributed by atoms with Crippen LogP contribution in [0.3, 0.4) is 0 Å². The number of likely N-dealkylation sites (tertiary alicyclic amines) is 1. The van der Waals surface area contributed by atoms with Crippen LogP contribution in [0.2, 0.25) is 0 Å². The van der Waals surface area contributed by atoms with E-state index in [9.17, 15) is 4.79 Å². The Morgan fingerprint density at radius 1 is 1.27 bits per heavy atom. The van der Waals surface area contributed by atoms with Gasteiger partial charge in [-0.25, -0.2) is 4.98 Å². The SMILES string of the molecule is CNc1ncccc1C(=O)N1CCCC(COc2ccccc2)(OC)C1. The Morgan fingerprint density at radius 2 is 2.08 bits per heavy atom. The summed E-state index contributed by atoms with van der Waals surface area (Å²) in [6, 6.07) is 13.2. The molecule has 0 spiro atoms. The van der Waals surface area contributed by atoms with Gasteiger partial charge in [0.05, 0.1) is 12.1 Å². The van der Waals surface area contributed by atoms with Crippen molar-refractivity contribution in [3.8, 4) is 5.75 Å². The number of hydrogen-bond donors (Lipinski definition) is 1. The molecule has 1 fully saturated rings. The number of nitrogens with zero attached hydrogens (tertiary/aromatic N) is 2. The van der Waals surface area contributed by atoms with E-state index in [1.165, 1.54) is 0 Å². The molecule has 1 aromatic carbocycles. The molecule has 0 bridgehead atoms. The lowest BCUT2D eigenvalue weighted by Gasteiger charge is -2.41. The number of aromatic nitrogens is 1. The van der Waals surface area contributed by atoms with Crippen LogP contribution in [-0.2, 0) is 4.74 Å². The van der Waals surface area contributed by atoms with Crippen LogP contribution in [0, 0.1) is 0 Å². The Labute approximate surface area is 154 Å². The van der Waals surface area contributed by atoms with Crippen molar-refractivity contribution in [2.75, 3.05) is 39.2 Å². The van der Waals surface area contributed by atoms with E-state index in [0.717, 1.165) is 18.6 Å². The second-order valence-corrected chi connectivity index (χ2v) is 6.47. The fourth-order valence-electron chi connectivity index (χ4n) is 3.29. The van der Waals surface area contributed by atoms with Gasteiger partial charge in [0.2, 0.25) is 0 Å². The third-order valence-corrected chi connectivity index (χ3v) is 4.78. The molecule has 6 nitrogen and oxygen atoms in total. The summed E-state index contributed by atoms with van der Waals surface area (Å²) < 4.78 is 11.8. The fraction of sp³-hybridized carbons (Fsp3) is 0.400. The van der Waals surface area contributed by atoms with Gasteiger partial charge in [0.1, 0.15) is 23.8 Å². The average Bonchev–Trinajstić information content (AvgIpc) is 2.72. The molecular weight excluding hydrogens is 330 g/mol. The molecule has 6 heteroatoms. The highest BCUT2D eigenvalue weighted by Crippen LogP contribution is 2.28. The molecular formula is C20H25N3O3. The molecule has 1 N–H and O–H groups in total. The molecule has 2 aromatic rings. The van der Waals surface area contributed by atoms with Crippen molar-refractivity contribution in [2.45, 2.75) is 18.4 Å². The van der Waals surface area contributed by atoms with Gasteiger partial charge < -0.3 is 19.7 Å². The van der Waals surface area contributed by atoms with Crippen LogP contribution < -0.4 is 10.1 Å². The quantitative estimate of drug-likeness (QED) is 0.863. The van der Waals surface area contributed by atoms with Crippen molar-refractivity contribution < 1.29 is 14.3 Å². The van der Waals surface area contributed by atoms with E-state index in [2.05, 4.69) is 10.3 Å². The van der Waals surface area contributed by atoms with Crippen LogP contribution >= 0.6 is 0 Å². The van der Waals surface area contributed by atoms with Crippen LogP contribution in [0.4, 0.5) is 5.82 Å². The molecule has 1 aliphatic rings. The maximum absolute atomic E-state index is 13.0. The van der Waals surface area contributed by atoms with Gasteiger partial charge in [-0.1, -0.05) is 18.2 Å². The largest absolute Gasteiger partial charge is 0.491 e. The number of carbonyl (C=O) groups is 1. The highest BCUT2D eigenvalue weighted by atomic mass is 16.5. The summed E-state index contributed by atoms with van der Waals surface area (Å²) in [5.41, 5.74) is 0.0667. The monoisotopic (exact) mass is 355 g/mol. The Hall–Kier alpha value is -2.60. The summed E-state index contributed by atoms with van der Waals surface area (Å²) in [4.78, 5) is 19.1. The molecule has 1 aliphatic heterocycles. The predicted molar refractivity (Wildman–Crippen MR) is 101 cm³/mol. The van der Waals surface area contributed by atoms with Crippen molar-refractivity contribution in [3.05, 3.63) is 54.2 Å². The topological polar surface area (TPSA) is 63.7 Å². The second-order valence-electron chi connectivity index (χ2n) is 6.47. The van der Waals surface area contributed by atoms with Gasteiger partial charge in [0, 0.05) is 26.9 Å². The highest BCUT2D eigenvalue weighted by Gasteiger charge is 2.39. The van der Waals surface area contributed by atoms with Crippen LogP contribution in [0.1, 0.15) is 23.2 Å². The molecule has 0 radical (unpaired) electrons. The molecule has 0 aliphatic carbocycles. The zero-order valence-electron chi connectivity index (χ0n) is 15.3. The number of carbonyl (C=O) groups excluding carboxylic acids is 1. The van der Waals surface area contributed by atoms with Gasteiger partial charge in [-0.15, -0.1) is 0 Å². The number of nitrogens with one attached hydrogen (secondary N) is 1. The number of anilines is 1. The molecule has 1 atom stereocenters. The van der Waals surface area contributed by atoms with E-state index in [-0.39, 0.29) is 5.91 Å². The Balaban J connectivity index is 1.73. The van der Waals surface area contributed by atoms with E-state index in [4.69, 9.17) is 9.47 Å². The van der Waals surface area contributed by atoms with E-state index < -0.39 is 5.60 Å². The molecule has 2 heterocycles. The second kappa shape index (κ2) is 8.19. The van der Waals surface area contributed by atoms with Crippen LogP contribution in [-0.4, -0.2) is 55.2 Å². The summed E-state index contributed by atoms with van der Waals surface area (Å²) in [7, 11) is 3.45. The number of rotatable bonds is 6. The summed E-state index contributed by atoms with van der Waals surface area (Å²) in [6.45, 7) is 1.60. The molecule has 1 saturated heterocycles. The van der Waals surface area contributed by atoms with Gasteiger partial charge in [-0.05, 0) is 37.1 Å². The lowest BCUT2D eigenvalue weighted by Crippen LogP contribution is -2.54. The van der Waals surface area contributed by atoms with Crippen LogP contribution in [0.25, 0.3) is 0 Å². The lowest BCUT2D eigenvalue weighted by atomic mass is 9.92. The molecule has 1 unspecified atom stereocenters. The van der Waals surface area contributed by atoms with Gasteiger partial charge in [-0.2, -0.15) is 0 Å². The third-order valence-electron chi connectivity index (χ3n) is 4.78. The van der Waals surface area contributed by atoms with Crippen molar-refractivity contribution in [1.29, 1.82) is 0 Å². The number of piperidine rings is 1. The minimum atomic E-state index is -0.508. The van der Waals surface area contributed by atoms with E-state index in [1.54, 1.807) is 32.5 Å². The number of pyridine rings is 1. The Bertz CT molecular complexity index is 738. The van der Waals surface area contributed by atoms with Crippen LogP contribution in [0.15, 0.2) is 48.7 Å². The molecule has 26 heavy (non-hydrogen) atoms. The number of para-hydroxylation sites is 1. The van der Waals surface area contributed by atoms with Crippen molar-refractivity contribution in [2.24, 2.45) is 0 Å². The zero-order chi connectivity index (χ0) is 18.4. The maximum atomic E-state index is 13.0. The van der Waals surface area contributed by atoms with Crippen molar-refractivity contribution in [1.82, 2.24) is 9.88 Å². The van der Waals surface area contributed by atoms with E-state index >= 15 is 0 Å². The summed E-state index contributed by atoms with van der Waals surface area (Å²) in [5.74, 6) is 1.35. The van der Waals surface area contributed by atoms with Crippen molar-refractivity contribution in [3.63, 3.8) is 0 Å². The van der Waals surface area contributed by atoms with E-state index in [0.29, 0.717) is 31.1 Å². The highest BCUT2D eigenvalue weighted by molar-refractivity contribution is 5.98. The average molecular weight is 355 g/mol. The van der Waals surface area contributed by atoms with Crippen molar-refractivity contribution >= 4 is 11.7 Å². The zero-order valence-corrected chi connectivity index (χ0v) is 15.3. The minimum Gasteiger partial charge on any atom is -0.491 e. The first-order chi connectivity index (χ1) is 12.7. The Kier molecular flexibility index (Phi) is 5.73. The number of benzene rings is 1. The first-order valence-electron chi connectivity index (χ1n) is 8.82. The van der Waals surface area contributed by atoms with E-state index in [1.807, 2.05) is 35.2 Å². The third kappa shape index (κ3) is 3.96. The van der Waals surface area contributed by atoms with Gasteiger partial charge >= 0.3 is 0 Å². The summed E-state index contributed by atoms with van der Waals surface area (Å²) in [6.07, 6.45) is 3.39. The first-order valence-corrected chi connectivity index (χ1v) is 8.82. The minimum absolute atomic E-state index is 0.0386. The summed E-state index contributed by atoms with van der Waals surface area (Å²) in [5, 5.41) is 2.98. The first kappa shape index (κ1) is 18.2. The number of methoxy groups -OCH3 is 1. The van der Waals surface area contributed by atoms with Gasteiger partial charge in [0.25, 0.3) is 5.91 Å². The molecule has 0 saturated carbocycles.